The smallest absolute Gasteiger partial charge is 0.336 e. The Morgan fingerprint density at radius 3 is 2.63 bits per heavy atom. The number of fused-ring (bicyclic) bond motifs is 1. The summed E-state index contributed by atoms with van der Waals surface area (Å²) in [6, 6.07) is 7.39. The van der Waals surface area contributed by atoms with Crippen molar-refractivity contribution in [2.75, 3.05) is 11.9 Å². The Hall–Kier alpha value is -2.60. The average molecular weight is 388 g/mol. The molecule has 0 bridgehead atoms. The molecule has 6 nitrogen and oxygen atoms in total. The summed E-state index contributed by atoms with van der Waals surface area (Å²) in [5, 5.41) is 8.13. The summed E-state index contributed by atoms with van der Waals surface area (Å²) >= 11 is 6.48. The Morgan fingerprint density at radius 2 is 2.00 bits per heavy atom. The van der Waals surface area contributed by atoms with Gasteiger partial charge in [-0.2, -0.15) is 0 Å². The van der Waals surface area contributed by atoms with Crippen molar-refractivity contribution in [3.63, 3.8) is 0 Å². The minimum atomic E-state index is -0.455. The van der Waals surface area contributed by atoms with E-state index in [9.17, 15) is 9.59 Å². The number of anilines is 1. The van der Waals surface area contributed by atoms with Crippen LogP contribution in [-0.2, 0) is 9.53 Å². The topological polar surface area (TPSA) is 73.2 Å². The highest BCUT2D eigenvalue weighted by Crippen LogP contribution is 2.44. The summed E-state index contributed by atoms with van der Waals surface area (Å²) < 4.78 is 6.62. The first kappa shape index (κ1) is 19.2. The van der Waals surface area contributed by atoms with Gasteiger partial charge >= 0.3 is 5.97 Å². The van der Waals surface area contributed by atoms with E-state index in [-0.39, 0.29) is 18.5 Å². The van der Waals surface area contributed by atoms with Crippen LogP contribution in [0.15, 0.2) is 41.7 Å². The molecular formula is C20H22ClN3O3. The molecule has 2 heterocycles. The van der Waals surface area contributed by atoms with Gasteiger partial charge in [0.25, 0.3) is 0 Å². The second-order valence-electron chi connectivity index (χ2n) is 6.34. The molecule has 1 aliphatic rings. The van der Waals surface area contributed by atoms with Crippen molar-refractivity contribution in [1.29, 1.82) is 0 Å². The van der Waals surface area contributed by atoms with E-state index < -0.39 is 5.92 Å². The van der Waals surface area contributed by atoms with Gasteiger partial charge in [0.05, 0.1) is 12.2 Å². The Morgan fingerprint density at radius 1 is 1.26 bits per heavy atom. The number of aromatic nitrogens is 2. The Labute approximate surface area is 163 Å². The molecule has 3 rings (SSSR count). The molecule has 0 aliphatic carbocycles. The van der Waals surface area contributed by atoms with E-state index in [0.29, 0.717) is 22.8 Å². The first-order valence-corrected chi connectivity index (χ1v) is 9.37. The number of esters is 1. The van der Waals surface area contributed by atoms with Crippen LogP contribution >= 0.6 is 11.6 Å². The molecule has 0 radical (unpaired) electrons. The highest BCUT2D eigenvalue weighted by Gasteiger charge is 2.37. The van der Waals surface area contributed by atoms with Crippen LogP contribution in [0.3, 0.4) is 0 Å². The van der Waals surface area contributed by atoms with E-state index >= 15 is 0 Å². The van der Waals surface area contributed by atoms with Crippen LogP contribution in [0.25, 0.3) is 0 Å². The Kier molecular flexibility index (Phi) is 5.65. The second-order valence-corrected chi connectivity index (χ2v) is 6.75. The molecule has 1 aliphatic heterocycles. The number of carbonyl (C=O) groups excluding carboxylic acids is 2. The highest BCUT2D eigenvalue weighted by atomic mass is 35.5. The lowest BCUT2D eigenvalue weighted by Crippen LogP contribution is -2.25. The molecule has 7 heteroatoms. The number of benzene rings is 1. The number of carbonyl (C=O) groups is 2. The van der Waals surface area contributed by atoms with Crippen molar-refractivity contribution in [3.8, 4) is 0 Å². The summed E-state index contributed by atoms with van der Waals surface area (Å²) in [7, 11) is 0. The van der Waals surface area contributed by atoms with Gasteiger partial charge in [-0.1, -0.05) is 43.1 Å². The van der Waals surface area contributed by atoms with Gasteiger partial charge in [0.15, 0.2) is 5.82 Å². The van der Waals surface area contributed by atoms with Crippen molar-refractivity contribution in [1.82, 2.24) is 9.78 Å². The Balaban J connectivity index is 2.25. The number of rotatable bonds is 5. The van der Waals surface area contributed by atoms with Gasteiger partial charge in [-0.25, -0.2) is 9.48 Å². The zero-order valence-electron chi connectivity index (χ0n) is 15.6. The number of hydrogen-bond acceptors (Lipinski definition) is 5. The van der Waals surface area contributed by atoms with Crippen molar-refractivity contribution < 1.29 is 14.3 Å². The summed E-state index contributed by atoms with van der Waals surface area (Å²) in [5.41, 5.74) is 2.77. The molecule has 1 aromatic heterocycles. The summed E-state index contributed by atoms with van der Waals surface area (Å²) in [4.78, 5) is 24.7. The standard InChI is InChI=1S/C20H22ClN3O3/c1-4-8-16-18(20(26)27-5-2)17(13-9-6-7-10-15(13)21)14-11-24(12(3)25)23-19(14)22-16/h6-7,9-11,17H,4-5,8H2,1-3H3,(H,22,23). The lowest BCUT2D eigenvalue weighted by atomic mass is 9.82. The lowest BCUT2D eigenvalue weighted by molar-refractivity contribution is -0.138. The molecule has 1 aromatic carbocycles. The molecule has 2 aromatic rings. The van der Waals surface area contributed by atoms with Crippen molar-refractivity contribution in [2.45, 2.75) is 39.5 Å². The van der Waals surface area contributed by atoms with Crippen LogP contribution in [0.4, 0.5) is 5.82 Å². The number of halogens is 1. The third-order valence-electron chi connectivity index (χ3n) is 4.47. The monoisotopic (exact) mass is 387 g/mol. The van der Waals surface area contributed by atoms with Gasteiger partial charge < -0.3 is 10.1 Å². The molecule has 1 atom stereocenters. The maximum absolute atomic E-state index is 12.9. The van der Waals surface area contributed by atoms with Crippen LogP contribution in [0.2, 0.25) is 5.02 Å². The fourth-order valence-corrected chi connectivity index (χ4v) is 3.57. The van der Waals surface area contributed by atoms with E-state index in [4.69, 9.17) is 16.3 Å². The predicted octanol–water partition coefficient (Wildman–Crippen LogP) is 4.37. The molecular weight excluding hydrogens is 366 g/mol. The number of hydrogen-bond donors (Lipinski definition) is 1. The van der Waals surface area contributed by atoms with E-state index in [0.717, 1.165) is 23.2 Å². The normalized spacial score (nSPS) is 15.9. The molecule has 0 spiro atoms. The fourth-order valence-electron chi connectivity index (χ4n) is 3.33. The summed E-state index contributed by atoms with van der Waals surface area (Å²) in [6.07, 6.45) is 3.14. The Bertz CT molecular complexity index is 917. The zero-order chi connectivity index (χ0) is 19.6. The second kappa shape index (κ2) is 7.96. The third kappa shape index (κ3) is 3.62. The van der Waals surface area contributed by atoms with Crippen LogP contribution in [0, 0.1) is 0 Å². The maximum Gasteiger partial charge on any atom is 0.336 e. The van der Waals surface area contributed by atoms with Crippen LogP contribution in [0.1, 0.15) is 55.5 Å². The van der Waals surface area contributed by atoms with Gasteiger partial charge in [-0.05, 0) is 25.0 Å². The fraction of sp³-hybridized carbons (Fsp3) is 0.350. The molecule has 27 heavy (non-hydrogen) atoms. The predicted molar refractivity (Wildman–Crippen MR) is 104 cm³/mol. The highest BCUT2D eigenvalue weighted by molar-refractivity contribution is 6.31. The molecule has 1 N–H and O–H groups in total. The molecule has 1 unspecified atom stereocenters. The van der Waals surface area contributed by atoms with Crippen molar-refractivity contribution >= 4 is 29.3 Å². The molecule has 0 amide bonds. The maximum atomic E-state index is 12.9. The van der Waals surface area contributed by atoms with E-state index in [1.807, 2.05) is 25.1 Å². The lowest BCUT2D eigenvalue weighted by Gasteiger charge is -2.28. The van der Waals surface area contributed by atoms with Gasteiger partial charge in [0.2, 0.25) is 5.91 Å². The summed E-state index contributed by atoms with van der Waals surface area (Å²) in [5.74, 6) is -0.492. The largest absolute Gasteiger partial charge is 0.463 e. The SMILES string of the molecule is CCCC1=C(C(=O)OCC)C(c2ccccc2Cl)c2cn(C(C)=O)nc2N1. The molecule has 0 saturated heterocycles. The number of ether oxygens (including phenoxy) is 1. The minimum Gasteiger partial charge on any atom is -0.463 e. The van der Waals surface area contributed by atoms with Gasteiger partial charge in [-0.3, -0.25) is 4.79 Å². The first-order chi connectivity index (χ1) is 13.0. The van der Waals surface area contributed by atoms with Crippen LogP contribution in [0.5, 0.6) is 0 Å². The van der Waals surface area contributed by atoms with E-state index in [2.05, 4.69) is 10.4 Å². The summed E-state index contributed by atoms with van der Waals surface area (Å²) in [6.45, 7) is 5.52. The third-order valence-corrected chi connectivity index (χ3v) is 4.82. The van der Waals surface area contributed by atoms with Crippen molar-refractivity contribution in [3.05, 3.63) is 57.9 Å². The quantitative estimate of drug-likeness (QED) is 0.771. The van der Waals surface area contributed by atoms with E-state index in [1.165, 1.54) is 11.6 Å². The number of allylic oxidation sites excluding steroid dienone is 1. The number of nitrogens with zero attached hydrogens (tertiary/aromatic N) is 2. The zero-order valence-corrected chi connectivity index (χ0v) is 16.3. The van der Waals surface area contributed by atoms with Crippen molar-refractivity contribution in [2.24, 2.45) is 0 Å². The first-order valence-electron chi connectivity index (χ1n) is 9.00. The molecule has 0 saturated carbocycles. The van der Waals surface area contributed by atoms with Crippen LogP contribution in [-0.4, -0.2) is 28.3 Å². The average Bonchev–Trinajstić information content (AvgIpc) is 3.06. The van der Waals surface area contributed by atoms with E-state index in [1.54, 1.807) is 19.2 Å². The minimum absolute atomic E-state index is 0.209. The van der Waals surface area contributed by atoms with Gasteiger partial charge in [-0.15, -0.1) is 5.10 Å². The van der Waals surface area contributed by atoms with Gasteiger partial charge in [0, 0.05) is 35.3 Å². The van der Waals surface area contributed by atoms with Crippen LogP contribution < -0.4 is 5.32 Å². The molecule has 0 fully saturated rings. The number of nitrogens with one attached hydrogen (secondary N) is 1. The van der Waals surface area contributed by atoms with Gasteiger partial charge in [0.1, 0.15) is 0 Å². The molecule has 142 valence electrons.